The van der Waals surface area contributed by atoms with Gasteiger partial charge in [-0.1, -0.05) is 26.2 Å². The second-order valence-corrected chi connectivity index (χ2v) is 9.12. The average Bonchev–Trinajstić information content (AvgIpc) is 3.01. The Morgan fingerprint density at radius 3 is 2.00 bits per heavy atom. The van der Waals surface area contributed by atoms with Crippen LogP contribution in [-0.2, 0) is 9.19 Å². The van der Waals surface area contributed by atoms with Crippen LogP contribution in [0, 0.1) is 0 Å². The fraction of sp³-hybridized carbons (Fsp3) is 1.00. The van der Waals surface area contributed by atoms with Crippen LogP contribution in [0.15, 0.2) is 0 Å². The lowest BCUT2D eigenvalue weighted by molar-refractivity contribution is -0.0693. The first kappa shape index (κ1) is 20.3. The predicted octanol–water partition coefficient (Wildman–Crippen LogP) is 1.30. The van der Waals surface area contributed by atoms with Gasteiger partial charge in [0, 0.05) is 52.4 Å². The van der Waals surface area contributed by atoms with E-state index in [4.69, 9.17) is 4.62 Å². The Morgan fingerprint density at radius 1 is 1.00 bits per heavy atom. The van der Waals surface area contributed by atoms with Gasteiger partial charge in [-0.3, -0.25) is 4.57 Å². The first-order chi connectivity index (χ1) is 11.6. The standard InChI is InChI=1S/C16H35N4O3P/c1-2-5-16(6-3-4-7-16)24(21,22)23-20-14-12-18-10-8-17-9-11-19-13-15-20/h17-19H,2-15H2,1H3,(H,21,22). The zero-order valence-corrected chi connectivity index (χ0v) is 16.0. The molecule has 1 unspecified atom stereocenters. The Bertz CT molecular complexity index is 393. The van der Waals surface area contributed by atoms with Crippen LogP contribution < -0.4 is 16.0 Å². The number of hydrogen-bond donors (Lipinski definition) is 4. The van der Waals surface area contributed by atoms with Crippen molar-refractivity contribution in [2.75, 3.05) is 52.4 Å². The minimum atomic E-state index is -3.68. The highest BCUT2D eigenvalue weighted by Crippen LogP contribution is 2.64. The van der Waals surface area contributed by atoms with Gasteiger partial charge in [-0.2, -0.15) is 5.06 Å². The highest BCUT2D eigenvalue weighted by atomic mass is 31.2. The van der Waals surface area contributed by atoms with Gasteiger partial charge >= 0.3 is 7.60 Å². The summed E-state index contributed by atoms with van der Waals surface area (Å²) in [6.45, 7) is 8.47. The summed E-state index contributed by atoms with van der Waals surface area (Å²) < 4.78 is 18.9. The first-order valence-corrected chi connectivity index (χ1v) is 11.1. The number of nitrogens with one attached hydrogen (secondary N) is 3. The summed E-state index contributed by atoms with van der Waals surface area (Å²) in [6, 6.07) is 0. The van der Waals surface area contributed by atoms with Gasteiger partial charge in [0.05, 0.1) is 5.16 Å². The maximum Gasteiger partial charge on any atom is 0.350 e. The van der Waals surface area contributed by atoms with E-state index in [1.54, 1.807) is 5.06 Å². The van der Waals surface area contributed by atoms with Crippen molar-refractivity contribution >= 4 is 7.60 Å². The van der Waals surface area contributed by atoms with Crippen molar-refractivity contribution in [1.29, 1.82) is 0 Å². The molecule has 2 aliphatic rings. The van der Waals surface area contributed by atoms with E-state index in [-0.39, 0.29) is 0 Å². The minimum Gasteiger partial charge on any atom is -0.323 e. The van der Waals surface area contributed by atoms with Crippen LogP contribution >= 0.6 is 7.60 Å². The Morgan fingerprint density at radius 2 is 1.50 bits per heavy atom. The smallest absolute Gasteiger partial charge is 0.323 e. The molecule has 2 rings (SSSR count). The molecule has 7 nitrogen and oxygen atoms in total. The summed E-state index contributed by atoms with van der Waals surface area (Å²) in [5, 5.41) is 11.2. The van der Waals surface area contributed by atoms with Gasteiger partial charge in [-0.05, 0) is 19.3 Å². The van der Waals surface area contributed by atoms with Crippen LogP contribution in [-0.4, -0.2) is 67.5 Å². The molecule has 0 amide bonds. The molecule has 0 spiro atoms. The topological polar surface area (TPSA) is 85.9 Å². The monoisotopic (exact) mass is 362 g/mol. The maximum absolute atomic E-state index is 13.1. The van der Waals surface area contributed by atoms with Crippen molar-refractivity contribution in [1.82, 2.24) is 21.0 Å². The van der Waals surface area contributed by atoms with E-state index in [1.165, 1.54) is 0 Å². The molecular formula is C16H35N4O3P. The van der Waals surface area contributed by atoms with Crippen molar-refractivity contribution < 1.29 is 14.1 Å². The van der Waals surface area contributed by atoms with E-state index < -0.39 is 12.8 Å². The predicted molar refractivity (Wildman–Crippen MR) is 97.2 cm³/mol. The third-order valence-electron chi connectivity index (χ3n) is 5.11. The normalized spacial score (nSPS) is 27.1. The van der Waals surface area contributed by atoms with Gasteiger partial charge in [0.2, 0.25) is 0 Å². The minimum absolute atomic E-state index is 0.532. The molecule has 0 aromatic rings. The second-order valence-electron chi connectivity index (χ2n) is 6.96. The van der Waals surface area contributed by atoms with Crippen LogP contribution in [0.4, 0.5) is 0 Å². The zero-order chi connectivity index (χ0) is 17.3. The Hall–Kier alpha value is -0.0100. The van der Waals surface area contributed by atoms with Crippen LogP contribution in [0.2, 0.25) is 0 Å². The summed E-state index contributed by atoms with van der Waals surface area (Å²) in [5.41, 5.74) is 0. The Labute approximate surface area is 146 Å². The molecule has 0 bridgehead atoms. The molecule has 1 saturated carbocycles. The van der Waals surface area contributed by atoms with Crippen LogP contribution in [0.5, 0.6) is 0 Å². The van der Waals surface area contributed by atoms with E-state index in [0.717, 1.165) is 77.8 Å². The van der Waals surface area contributed by atoms with Gasteiger partial charge in [0.1, 0.15) is 0 Å². The molecule has 4 N–H and O–H groups in total. The quantitative estimate of drug-likeness (QED) is 0.549. The van der Waals surface area contributed by atoms with E-state index in [0.29, 0.717) is 13.1 Å². The van der Waals surface area contributed by atoms with Crippen LogP contribution in [0.1, 0.15) is 45.4 Å². The summed E-state index contributed by atoms with van der Waals surface area (Å²) in [5.74, 6) is 0. The molecule has 24 heavy (non-hydrogen) atoms. The summed E-state index contributed by atoms with van der Waals surface area (Å²) >= 11 is 0. The van der Waals surface area contributed by atoms with Crippen LogP contribution in [0.25, 0.3) is 0 Å². The zero-order valence-electron chi connectivity index (χ0n) is 15.1. The van der Waals surface area contributed by atoms with Gasteiger partial charge in [0.15, 0.2) is 0 Å². The molecule has 1 atom stereocenters. The molecule has 1 aliphatic carbocycles. The molecule has 0 radical (unpaired) electrons. The summed E-state index contributed by atoms with van der Waals surface area (Å²) in [7, 11) is -3.68. The Kier molecular flexibility index (Phi) is 8.64. The van der Waals surface area contributed by atoms with E-state index in [2.05, 4.69) is 22.9 Å². The molecule has 142 valence electrons. The van der Waals surface area contributed by atoms with E-state index in [9.17, 15) is 9.46 Å². The largest absolute Gasteiger partial charge is 0.350 e. The fourth-order valence-corrected chi connectivity index (χ4v) is 5.78. The number of nitrogens with zero attached hydrogens (tertiary/aromatic N) is 1. The third-order valence-corrected chi connectivity index (χ3v) is 7.43. The lowest BCUT2D eigenvalue weighted by Crippen LogP contribution is -2.42. The molecule has 8 heteroatoms. The maximum atomic E-state index is 13.1. The SMILES string of the molecule is CCCC1(P(=O)(O)ON2CCNCCNCCNCC2)CCCC1. The Balaban J connectivity index is 1.96. The number of hydrogen-bond acceptors (Lipinski definition) is 6. The summed E-state index contributed by atoms with van der Waals surface area (Å²) in [6.07, 6.45) is 5.38. The molecular weight excluding hydrogens is 327 g/mol. The van der Waals surface area contributed by atoms with Gasteiger partial charge in [-0.25, -0.2) is 4.62 Å². The summed E-state index contributed by atoms with van der Waals surface area (Å²) in [4.78, 5) is 10.8. The molecule has 1 saturated heterocycles. The average molecular weight is 362 g/mol. The van der Waals surface area contributed by atoms with E-state index in [1.807, 2.05) is 0 Å². The highest BCUT2D eigenvalue weighted by Gasteiger charge is 2.50. The van der Waals surface area contributed by atoms with Gasteiger partial charge < -0.3 is 20.8 Å². The fourth-order valence-electron chi connectivity index (χ4n) is 3.74. The van der Waals surface area contributed by atoms with Crippen molar-refractivity contribution in [2.24, 2.45) is 0 Å². The lowest BCUT2D eigenvalue weighted by Gasteiger charge is -2.35. The van der Waals surface area contributed by atoms with Crippen molar-refractivity contribution in [3.63, 3.8) is 0 Å². The van der Waals surface area contributed by atoms with Crippen molar-refractivity contribution in [3.05, 3.63) is 0 Å². The molecule has 0 aromatic heterocycles. The lowest BCUT2D eigenvalue weighted by atomic mass is 10.0. The molecule has 0 aromatic carbocycles. The highest BCUT2D eigenvalue weighted by molar-refractivity contribution is 7.54. The van der Waals surface area contributed by atoms with Crippen LogP contribution in [0.3, 0.4) is 0 Å². The third kappa shape index (κ3) is 5.77. The number of rotatable bonds is 5. The van der Waals surface area contributed by atoms with Gasteiger partial charge in [0.25, 0.3) is 0 Å². The van der Waals surface area contributed by atoms with Crippen molar-refractivity contribution in [3.8, 4) is 0 Å². The first-order valence-electron chi connectivity index (χ1n) is 9.49. The molecule has 2 fully saturated rings. The molecule has 1 aliphatic heterocycles. The molecule has 1 heterocycles. The van der Waals surface area contributed by atoms with E-state index >= 15 is 0 Å². The second kappa shape index (κ2) is 10.2. The van der Waals surface area contributed by atoms with Crippen molar-refractivity contribution in [2.45, 2.75) is 50.6 Å². The van der Waals surface area contributed by atoms with Gasteiger partial charge in [-0.15, -0.1) is 0 Å². The number of hydroxylamine groups is 2.